The third-order valence-electron chi connectivity index (χ3n) is 3.12. The third kappa shape index (κ3) is 3.76. The lowest BCUT2D eigenvalue weighted by Gasteiger charge is -2.03. The molecule has 0 bridgehead atoms. The number of H-pyrrole nitrogens is 1. The van der Waals surface area contributed by atoms with Crippen molar-refractivity contribution in [3.8, 4) is 0 Å². The Hall–Kier alpha value is -2.46. The molecule has 0 fully saturated rings. The maximum atomic E-state index is 11.5. The first-order chi connectivity index (χ1) is 9.81. The summed E-state index contributed by atoms with van der Waals surface area (Å²) in [4.78, 5) is 17.4. The number of rotatable bonds is 7. The molecule has 0 aliphatic carbocycles. The molecular formula is C14H17N5O. The van der Waals surface area contributed by atoms with Crippen LogP contribution in [-0.4, -0.2) is 24.0 Å². The molecule has 0 aliphatic rings. The first-order valence-corrected chi connectivity index (χ1v) is 6.64. The van der Waals surface area contributed by atoms with E-state index in [9.17, 15) is 4.79 Å². The van der Waals surface area contributed by atoms with Crippen LogP contribution in [0.15, 0.2) is 35.6 Å². The van der Waals surface area contributed by atoms with Crippen LogP contribution in [0.4, 0.5) is 0 Å². The van der Waals surface area contributed by atoms with Crippen molar-refractivity contribution in [1.29, 1.82) is 0 Å². The molecule has 0 aliphatic heterocycles. The van der Waals surface area contributed by atoms with Gasteiger partial charge in [-0.1, -0.05) is 23.3 Å². The molecule has 0 saturated heterocycles. The summed E-state index contributed by atoms with van der Waals surface area (Å²) in [6.45, 7) is 0.695. The molecule has 1 heterocycles. The van der Waals surface area contributed by atoms with Gasteiger partial charge in [-0.15, -0.1) is 0 Å². The monoisotopic (exact) mass is 271 g/mol. The molecule has 1 amide bonds. The fraction of sp³-hybridized carbons (Fsp3) is 0.357. The highest BCUT2D eigenvalue weighted by Crippen LogP contribution is 2.19. The van der Waals surface area contributed by atoms with Crippen molar-refractivity contribution in [2.45, 2.75) is 19.3 Å². The smallest absolute Gasteiger partial charge is 0.220 e. The number of nitrogens with zero attached hydrogens (tertiary/aromatic N) is 3. The number of fused-ring (bicyclic) bond motifs is 1. The molecule has 0 unspecified atom stereocenters. The zero-order valence-electron chi connectivity index (χ0n) is 11.2. The number of hydrogen-bond acceptors (Lipinski definition) is 2. The Bertz CT molecular complexity index is 627. The van der Waals surface area contributed by atoms with Gasteiger partial charge >= 0.3 is 0 Å². The van der Waals surface area contributed by atoms with E-state index < -0.39 is 0 Å². The number of aryl methyl sites for hydroxylation is 1. The molecule has 0 spiro atoms. The van der Waals surface area contributed by atoms with Crippen molar-refractivity contribution < 1.29 is 4.79 Å². The second-order valence-electron chi connectivity index (χ2n) is 4.52. The summed E-state index contributed by atoms with van der Waals surface area (Å²) in [5, 5.41) is 7.30. The van der Waals surface area contributed by atoms with E-state index in [1.54, 1.807) is 0 Å². The van der Waals surface area contributed by atoms with Gasteiger partial charge in [-0.2, -0.15) is 0 Å². The van der Waals surface area contributed by atoms with Gasteiger partial charge in [0.05, 0.1) is 0 Å². The lowest BCUT2D eigenvalue weighted by molar-refractivity contribution is -0.121. The first-order valence-electron chi connectivity index (χ1n) is 6.64. The predicted molar refractivity (Wildman–Crippen MR) is 78.3 cm³/mol. The molecule has 1 aromatic carbocycles. The topological polar surface area (TPSA) is 93.7 Å². The van der Waals surface area contributed by atoms with Crippen molar-refractivity contribution in [2.24, 2.45) is 5.11 Å². The van der Waals surface area contributed by atoms with Gasteiger partial charge in [0.1, 0.15) is 0 Å². The highest BCUT2D eigenvalue weighted by molar-refractivity contribution is 5.83. The molecule has 0 saturated carbocycles. The van der Waals surface area contributed by atoms with E-state index in [2.05, 4.69) is 26.4 Å². The van der Waals surface area contributed by atoms with E-state index in [1.165, 1.54) is 10.9 Å². The highest BCUT2D eigenvalue weighted by Gasteiger charge is 2.04. The van der Waals surface area contributed by atoms with Crippen molar-refractivity contribution in [3.05, 3.63) is 46.5 Å². The fourth-order valence-electron chi connectivity index (χ4n) is 2.16. The Balaban J connectivity index is 1.75. The quantitative estimate of drug-likeness (QED) is 0.344. The van der Waals surface area contributed by atoms with Gasteiger partial charge in [-0.3, -0.25) is 4.79 Å². The SMILES string of the molecule is [N-]=[N+]=NCCNC(=O)CCCc1c[nH]c2ccccc12. The van der Waals surface area contributed by atoms with Gasteiger partial charge in [-0.05, 0) is 30.0 Å². The molecule has 0 radical (unpaired) electrons. The van der Waals surface area contributed by atoms with Gasteiger partial charge in [0.25, 0.3) is 0 Å². The van der Waals surface area contributed by atoms with E-state index >= 15 is 0 Å². The Kier molecular flexibility index (Phi) is 5.03. The van der Waals surface area contributed by atoms with Crippen LogP contribution in [0.5, 0.6) is 0 Å². The number of para-hydroxylation sites is 1. The molecule has 2 N–H and O–H groups in total. The summed E-state index contributed by atoms with van der Waals surface area (Å²) in [5.74, 6) is -0.00187. The summed E-state index contributed by atoms with van der Waals surface area (Å²) in [5.41, 5.74) is 10.5. The fourth-order valence-corrected chi connectivity index (χ4v) is 2.16. The number of azide groups is 1. The minimum absolute atomic E-state index is 0.00187. The molecule has 2 aromatic rings. The van der Waals surface area contributed by atoms with Crippen molar-refractivity contribution in [3.63, 3.8) is 0 Å². The zero-order chi connectivity index (χ0) is 14.2. The molecule has 6 heteroatoms. The molecule has 1 aromatic heterocycles. The largest absolute Gasteiger partial charge is 0.361 e. The second kappa shape index (κ2) is 7.21. The Labute approximate surface area is 116 Å². The summed E-state index contributed by atoms with van der Waals surface area (Å²) < 4.78 is 0. The highest BCUT2D eigenvalue weighted by atomic mass is 16.1. The third-order valence-corrected chi connectivity index (χ3v) is 3.12. The minimum atomic E-state index is -0.00187. The number of benzene rings is 1. The summed E-state index contributed by atoms with van der Waals surface area (Å²) in [6, 6.07) is 8.14. The predicted octanol–water partition coefficient (Wildman–Crippen LogP) is 2.92. The van der Waals surface area contributed by atoms with Crippen molar-refractivity contribution in [2.75, 3.05) is 13.1 Å². The van der Waals surface area contributed by atoms with Crippen LogP contribution < -0.4 is 5.32 Å². The van der Waals surface area contributed by atoms with Gasteiger partial charge < -0.3 is 10.3 Å². The Morgan fingerprint density at radius 1 is 1.40 bits per heavy atom. The second-order valence-corrected chi connectivity index (χ2v) is 4.52. The lowest BCUT2D eigenvalue weighted by Crippen LogP contribution is -2.25. The van der Waals surface area contributed by atoms with E-state index in [0.717, 1.165) is 18.4 Å². The van der Waals surface area contributed by atoms with Crippen molar-refractivity contribution in [1.82, 2.24) is 10.3 Å². The maximum absolute atomic E-state index is 11.5. The standard InChI is InChI=1S/C14H17N5O/c15-19-18-9-8-16-14(20)7-3-4-11-10-17-13-6-2-1-5-12(11)13/h1-2,5-6,10,17H,3-4,7-9H2,(H,16,20). The normalized spacial score (nSPS) is 10.2. The van der Waals surface area contributed by atoms with Gasteiger partial charge in [0.15, 0.2) is 0 Å². The number of aromatic amines is 1. The summed E-state index contributed by atoms with van der Waals surface area (Å²) in [7, 11) is 0. The molecular weight excluding hydrogens is 254 g/mol. The number of aromatic nitrogens is 1. The van der Waals surface area contributed by atoms with Crippen LogP contribution in [0, 0.1) is 0 Å². The van der Waals surface area contributed by atoms with Crippen LogP contribution >= 0.6 is 0 Å². The van der Waals surface area contributed by atoms with E-state index in [1.807, 2.05) is 24.4 Å². The summed E-state index contributed by atoms with van der Waals surface area (Å²) >= 11 is 0. The maximum Gasteiger partial charge on any atom is 0.220 e. The first kappa shape index (κ1) is 14.0. The van der Waals surface area contributed by atoms with Crippen LogP contribution in [-0.2, 0) is 11.2 Å². The summed E-state index contributed by atoms with van der Waals surface area (Å²) in [6.07, 6.45) is 4.16. The molecule has 6 nitrogen and oxygen atoms in total. The lowest BCUT2D eigenvalue weighted by atomic mass is 10.1. The Morgan fingerprint density at radius 2 is 2.25 bits per heavy atom. The number of amides is 1. The molecule has 0 atom stereocenters. The zero-order valence-corrected chi connectivity index (χ0v) is 11.2. The van der Waals surface area contributed by atoms with Gasteiger partial charge in [-0.25, -0.2) is 0 Å². The number of hydrogen-bond donors (Lipinski definition) is 2. The molecule has 104 valence electrons. The van der Waals surface area contributed by atoms with Crippen LogP contribution in [0.1, 0.15) is 18.4 Å². The van der Waals surface area contributed by atoms with E-state index in [4.69, 9.17) is 5.53 Å². The van der Waals surface area contributed by atoms with Gasteiger partial charge in [0, 0.05) is 41.5 Å². The van der Waals surface area contributed by atoms with Gasteiger partial charge in [0.2, 0.25) is 5.91 Å². The van der Waals surface area contributed by atoms with Crippen LogP contribution in [0.3, 0.4) is 0 Å². The number of nitrogens with one attached hydrogen (secondary N) is 2. The average molecular weight is 271 g/mol. The Morgan fingerprint density at radius 3 is 3.10 bits per heavy atom. The van der Waals surface area contributed by atoms with Crippen LogP contribution in [0.2, 0.25) is 0 Å². The van der Waals surface area contributed by atoms with E-state index in [-0.39, 0.29) is 5.91 Å². The number of carbonyl (C=O) groups is 1. The van der Waals surface area contributed by atoms with Crippen LogP contribution in [0.25, 0.3) is 21.3 Å². The minimum Gasteiger partial charge on any atom is -0.361 e. The average Bonchev–Trinajstić information content (AvgIpc) is 2.87. The van der Waals surface area contributed by atoms with Crippen molar-refractivity contribution >= 4 is 16.8 Å². The van der Waals surface area contributed by atoms with E-state index in [0.29, 0.717) is 19.5 Å². The molecule has 2 rings (SSSR count). The molecule has 20 heavy (non-hydrogen) atoms. The number of carbonyl (C=O) groups excluding carboxylic acids is 1.